The Morgan fingerprint density at radius 1 is 0.962 bits per heavy atom. The topological polar surface area (TPSA) is 81.2 Å². The summed E-state index contributed by atoms with van der Waals surface area (Å²) in [5.41, 5.74) is 0.864. The molecule has 0 aliphatic carbocycles. The van der Waals surface area contributed by atoms with E-state index < -0.39 is 9.84 Å². The van der Waals surface area contributed by atoms with Gasteiger partial charge in [-0.3, -0.25) is 0 Å². The number of sulfone groups is 1. The van der Waals surface area contributed by atoms with E-state index in [9.17, 15) is 12.8 Å². The van der Waals surface area contributed by atoms with Gasteiger partial charge in [-0.1, -0.05) is 12.1 Å². The predicted octanol–water partition coefficient (Wildman–Crippen LogP) is 3.07. The van der Waals surface area contributed by atoms with Gasteiger partial charge in [0.05, 0.1) is 12.0 Å². The van der Waals surface area contributed by atoms with Crippen molar-refractivity contribution in [1.29, 1.82) is 0 Å². The fourth-order valence-electron chi connectivity index (χ4n) is 2.23. The van der Waals surface area contributed by atoms with Crippen LogP contribution in [0.3, 0.4) is 0 Å². The van der Waals surface area contributed by atoms with E-state index in [2.05, 4.69) is 15.5 Å². The van der Waals surface area contributed by atoms with Crippen LogP contribution in [0.1, 0.15) is 5.56 Å². The van der Waals surface area contributed by atoms with Crippen LogP contribution in [0.25, 0.3) is 0 Å². The highest BCUT2D eigenvalue weighted by atomic mass is 32.2. The first kappa shape index (κ1) is 17.8. The molecule has 6 nitrogen and oxygen atoms in total. The van der Waals surface area contributed by atoms with Crippen molar-refractivity contribution < 1.29 is 17.5 Å². The molecule has 1 heterocycles. The Morgan fingerprint density at radius 2 is 1.65 bits per heavy atom. The molecule has 0 fully saturated rings. The largest absolute Gasteiger partial charge is 0.497 e. The van der Waals surface area contributed by atoms with Crippen molar-refractivity contribution in [3.8, 4) is 5.75 Å². The van der Waals surface area contributed by atoms with Crippen molar-refractivity contribution in [3.63, 3.8) is 0 Å². The summed E-state index contributed by atoms with van der Waals surface area (Å²) in [6.45, 7) is 0.416. The van der Waals surface area contributed by atoms with Crippen LogP contribution in [0.15, 0.2) is 70.6 Å². The summed E-state index contributed by atoms with van der Waals surface area (Å²) in [7, 11) is -2.24. The SMILES string of the molecule is COc1ccc(S(=O)(=O)c2ccc(NCc3ccc(F)cc3)nn2)cc1. The number of benzene rings is 2. The van der Waals surface area contributed by atoms with Crippen LogP contribution in [0.5, 0.6) is 5.75 Å². The second kappa shape index (κ2) is 7.49. The molecule has 1 aromatic heterocycles. The summed E-state index contributed by atoms with van der Waals surface area (Å²) >= 11 is 0. The minimum atomic E-state index is -3.75. The van der Waals surface area contributed by atoms with Gasteiger partial charge in [0, 0.05) is 6.54 Å². The monoisotopic (exact) mass is 373 g/mol. The first-order chi connectivity index (χ1) is 12.5. The van der Waals surface area contributed by atoms with Gasteiger partial charge in [-0.05, 0) is 54.1 Å². The summed E-state index contributed by atoms with van der Waals surface area (Å²) in [4.78, 5) is 0.111. The van der Waals surface area contributed by atoms with E-state index in [1.54, 1.807) is 24.3 Å². The van der Waals surface area contributed by atoms with Gasteiger partial charge in [0.2, 0.25) is 9.84 Å². The number of nitrogens with one attached hydrogen (secondary N) is 1. The summed E-state index contributed by atoms with van der Waals surface area (Å²) < 4.78 is 43.0. The van der Waals surface area contributed by atoms with Crippen molar-refractivity contribution >= 4 is 15.7 Å². The zero-order valence-electron chi connectivity index (χ0n) is 13.9. The molecule has 3 rings (SSSR count). The Bertz CT molecular complexity index is 974. The second-order valence-electron chi connectivity index (χ2n) is 5.42. The lowest BCUT2D eigenvalue weighted by Gasteiger charge is -2.07. The lowest BCUT2D eigenvalue weighted by Crippen LogP contribution is -2.08. The smallest absolute Gasteiger partial charge is 0.225 e. The molecule has 0 spiro atoms. The van der Waals surface area contributed by atoms with Crippen LogP contribution in [-0.4, -0.2) is 25.7 Å². The molecule has 0 saturated carbocycles. The number of nitrogens with zero attached hydrogens (tertiary/aromatic N) is 2. The lowest BCUT2D eigenvalue weighted by molar-refractivity contribution is 0.414. The maximum atomic E-state index is 12.9. The summed E-state index contributed by atoms with van der Waals surface area (Å²) in [5.74, 6) is 0.681. The van der Waals surface area contributed by atoms with Gasteiger partial charge in [-0.15, -0.1) is 10.2 Å². The molecule has 0 atom stereocenters. The highest BCUT2D eigenvalue weighted by Gasteiger charge is 2.19. The van der Waals surface area contributed by atoms with E-state index in [4.69, 9.17) is 4.74 Å². The molecule has 0 amide bonds. The van der Waals surface area contributed by atoms with Crippen LogP contribution in [0.4, 0.5) is 10.2 Å². The molecule has 2 aromatic carbocycles. The minimum absolute atomic E-state index is 0.111. The van der Waals surface area contributed by atoms with Crippen molar-refractivity contribution in [2.24, 2.45) is 0 Å². The fourth-order valence-corrected chi connectivity index (χ4v) is 3.36. The third kappa shape index (κ3) is 3.97. The third-order valence-electron chi connectivity index (χ3n) is 3.67. The van der Waals surface area contributed by atoms with E-state index in [1.165, 1.54) is 43.5 Å². The number of rotatable bonds is 6. The molecular weight excluding hydrogens is 357 g/mol. The summed E-state index contributed by atoms with van der Waals surface area (Å²) in [6, 6.07) is 15.0. The van der Waals surface area contributed by atoms with E-state index in [0.717, 1.165) is 5.56 Å². The van der Waals surface area contributed by atoms with Crippen molar-refractivity contribution in [1.82, 2.24) is 10.2 Å². The number of halogens is 1. The summed E-state index contributed by atoms with van der Waals surface area (Å²) in [5, 5.41) is 10.6. The average Bonchev–Trinajstić information content (AvgIpc) is 2.68. The first-order valence-electron chi connectivity index (χ1n) is 7.70. The molecule has 26 heavy (non-hydrogen) atoms. The zero-order valence-corrected chi connectivity index (χ0v) is 14.7. The van der Waals surface area contributed by atoms with E-state index in [0.29, 0.717) is 18.1 Å². The van der Waals surface area contributed by atoms with Crippen LogP contribution < -0.4 is 10.1 Å². The van der Waals surface area contributed by atoms with Crippen LogP contribution in [-0.2, 0) is 16.4 Å². The number of ether oxygens (including phenoxy) is 1. The molecule has 0 aliphatic heterocycles. The van der Waals surface area contributed by atoms with E-state index in [-0.39, 0.29) is 15.7 Å². The Balaban J connectivity index is 1.72. The Labute approximate surface area is 150 Å². The minimum Gasteiger partial charge on any atom is -0.497 e. The molecule has 0 unspecified atom stereocenters. The maximum absolute atomic E-state index is 12.9. The van der Waals surface area contributed by atoms with E-state index >= 15 is 0 Å². The fraction of sp³-hybridized carbons (Fsp3) is 0.111. The molecule has 0 aliphatic rings. The third-order valence-corrected chi connectivity index (χ3v) is 5.33. The van der Waals surface area contributed by atoms with Gasteiger partial charge in [-0.2, -0.15) is 0 Å². The van der Waals surface area contributed by atoms with E-state index in [1.807, 2.05) is 0 Å². The van der Waals surface area contributed by atoms with Crippen molar-refractivity contribution in [2.45, 2.75) is 16.5 Å². The zero-order chi connectivity index (χ0) is 18.6. The number of methoxy groups -OCH3 is 1. The van der Waals surface area contributed by atoms with Gasteiger partial charge in [0.25, 0.3) is 0 Å². The Kier molecular flexibility index (Phi) is 5.13. The van der Waals surface area contributed by atoms with Crippen molar-refractivity contribution in [3.05, 3.63) is 72.0 Å². The first-order valence-corrected chi connectivity index (χ1v) is 9.18. The van der Waals surface area contributed by atoms with Crippen molar-refractivity contribution in [2.75, 3.05) is 12.4 Å². The highest BCUT2D eigenvalue weighted by molar-refractivity contribution is 7.91. The predicted molar refractivity (Wildman–Crippen MR) is 94.2 cm³/mol. The number of anilines is 1. The molecule has 0 saturated heterocycles. The molecule has 0 bridgehead atoms. The van der Waals surface area contributed by atoms with Gasteiger partial charge in [-0.25, -0.2) is 12.8 Å². The number of hydrogen-bond donors (Lipinski definition) is 1. The average molecular weight is 373 g/mol. The number of aromatic nitrogens is 2. The summed E-state index contributed by atoms with van der Waals surface area (Å²) in [6.07, 6.45) is 0. The normalized spacial score (nSPS) is 11.2. The van der Waals surface area contributed by atoms with Gasteiger partial charge in [0.15, 0.2) is 5.03 Å². The highest BCUT2D eigenvalue weighted by Crippen LogP contribution is 2.21. The van der Waals surface area contributed by atoms with Gasteiger partial charge < -0.3 is 10.1 Å². The molecule has 0 radical (unpaired) electrons. The van der Waals surface area contributed by atoms with Crippen LogP contribution in [0.2, 0.25) is 0 Å². The Morgan fingerprint density at radius 3 is 2.23 bits per heavy atom. The maximum Gasteiger partial charge on any atom is 0.225 e. The van der Waals surface area contributed by atoms with Crippen LogP contribution >= 0.6 is 0 Å². The van der Waals surface area contributed by atoms with Gasteiger partial charge >= 0.3 is 0 Å². The molecule has 1 N–H and O–H groups in total. The number of hydrogen-bond acceptors (Lipinski definition) is 6. The second-order valence-corrected chi connectivity index (χ2v) is 7.31. The quantitative estimate of drug-likeness (QED) is 0.715. The van der Waals surface area contributed by atoms with Crippen LogP contribution in [0, 0.1) is 5.82 Å². The molecule has 134 valence electrons. The molecule has 3 aromatic rings. The lowest BCUT2D eigenvalue weighted by atomic mass is 10.2. The Hall–Kier alpha value is -3.00. The van der Waals surface area contributed by atoms with Gasteiger partial charge in [0.1, 0.15) is 17.4 Å². The standard InChI is InChI=1S/C18H16FN3O3S/c1-25-15-6-8-16(9-7-15)26(23,24)18-11-10-17(21-22-18)20-12-13-2-4-14(19)5-3-13/h2-11H,12H2,1H3,(H,20,21). The molecule has 8 heteroatoms. The molecular formula is C18H16FN3O3S.